The van der Waals surface area contributed by atoms with Crippen LogP contribution in [0.5, 0.6) is 0 Å². The Bertz CT molecular complexity index is 324. The van der Waals surface area contributed by atoms with E-state index in [4.69, 9.17) is 10.5 Å². The molecule has 1 saturated heterocycles. The van der Waals surface area contributed by atoms with E-state index in [0.717, 1.165) is 19.8 Å². The Labute approximate surface area is 101 Å². The zero-order chi connectivity index (χ0) is 11.6. The molecule has 0 bridgehead atoms. The summed E-state index contributed by atoms with van der Waals surface area (Å²) in [5.74, 6) is 0. The molecule has 0 saturated carbocycles. The zero-order valence-corrected chi connectivity index (χ0v) is 10.8. The van der Waals surface area contributed by atoms with Gasteiger partial charge in [-0.25, -0.2) is 0 Å². The second-order valence-corrected chi connectivity index (χ2v) is 5.65. The standard InChI is InChI=1S/C12H20N2OS/c1-12(2)9-15-5-4-14(12)11(7-13)10-3-6-16-8-10/h3,6,8,11H,4-5,7,9,13H2,1-2H3. The van der Waals surface area contributed by atoms with E-state index in [2.05, 4.69) is 35.6 Å². The lowest BCUT2D eigenvalue weighted by molar-refractivity contribution is -0.0712. The molecule has 0 spiro atoms. The van der Waals surface area contributed by atoms with E-state index < -0.39 is 0 Å². The van der Waals surface area contributed by atoms with Crippen molar-refractivity contribution in [2.24, 2.45) is 5.73 Å². The first kappa shape index (κ1) is 12.0. The molecule has 16 heavy (non-hydrogen) atoms. The monoisotopic (exact) mass is 240 g/mol. The molecular weight excluding hydrogens is 220 g/mol. The quantitative estimate of drug-likeness (QED) is 0.876. The Morgan fingerprint density at radius 1 is 1.62 bits per heavy atom. The van der Waals surface area contributed by atoms with Crippen LogP contribution in [0.3, 0.4) is 0 Å². The Morgan fingerprint density at radius 3 is 3.00 bits per heavy atom. The minimum absolute atomic E-state index is 0.0736. The molecule has 0 aliphatic carbocycles. The fourth-order valence-electron chi connectivity index (χ4n) is 2.36. The van der Waals surface area contributed by atoms with Gasteiger partial charge in [0.05, 0.1) is 13.2 Å². The van der Waals surface area contributed by atoms with Gasteiger partial charge in [0.25, 0.3) is 0 Å². The lowest BCUT2D eigenvalue weighted by Gasteiger charge is -2.46. The summed E-state index contributed by atoms with van der Waals surface area (Å²) in [4.78, 5) is 2.47. The molecule has 4 heteroatoms. The highest BCUT2D eigenvalue weighted by Gasteiger charge is 2.35. The van der Waals surface area contributed by atoms with Crippen LogP contribution in [-0.2, 0) is 4.74 Å². The maximum absolute atomic E-state index is 5.94. The SMILES string of the molecule is CC1(C)COCCN1C(CN)c1ccsc1. The van der Waals surface area contributed by atoms with Gasteiger partial charge in [-0.15, -0.1) is 0 Å². The van der Waals surface area contributed by atoms with Gasteiger partial charge in [0.2, 0.25) is 0 Å². The summed E-state index contributed by atoms with van der Waals surface area (Å²) in [7, 11) is 0. The minimum atomic E-state index is 0.0736. The Kier molecular flexibility index (Phi) is 3.64. The molecule has 2 rings (SSSR count). The Balaban J connectivity index is 2.20. The molecule has 1 atom stereocenters. The van der Waals surface area contributed by atoms with Crippen LogP contribution in [0.1, 0.15) is 25.5 Å². The van der Waals surface area contributed by atoms with Gasteiger partial charge >= 0.3 is 0 Å². The van der Waals surface area contributed by atoms with Crippen LogP contribution in [0.15, 0.2) is 16.8 Å². The third-order valence-corrected chi connectivity index (χ3v) is 3.94. The van der Waals surface area contributed by atoms with Crippen molar-refractivity contribution in [1.29, 1.82) is 0 Å². The van der Waals surface area contributed by atoms with Crippen molar-refractivity contribution in [3.05, 3.63) is 22.4 Å². The van der Waals surface area contributed by atoms with Crippen molar-refractivity contribution in [2.75, 3.05) is 26.3 Å². The molecule has 1 fully saturated rings. The van der Waals surface area contributed by atoms with Gasteiger partial charge in [0.15, 0.2) is 0 Å². The number of morpholine rings is 1. The normalized spacial score (nSPS) is 23.2. The van der Waals surface area contributed by atoms with Crippen molar-refractivity contribution in [3.63, 3.8) is 0 Å². The maximum atomic E-state index is 5.94. The highest BCUT2D eigenvalue weighted by Crippen LogP contribution is 2.30. The summed E-state index contributed by atoms with van der Waals surface area (Å²) in [5.41, 5.74) is 7.35. The first-order chi connectivity index (χ1) is 7.65. The molecule has 1 aromatic rings. The van der Waals surface area contributed by atoms with Crippen molar-refractivity contribution in [1.82, 2.24) is 4.90 Å². The van der Waals surface area contributed by atoms with E-state index in [0.29, 0.717) is 12.6 Å². The summed E-state index contributed by atoms with van der Waals surface area (Å²) < 4.78 is 5.55. The fourth-order valence-corrected chi connectivity index (χ4v) is 3.06. The van der Waals surface area contributed by atoms with Gasteiger partial charge in [0.1, 0.15) is 0 Å². The molecule has 2 heterocycles. The smallest absolute Gasteiger partial charge is 0.0645 e. The van der Waals surface area contributed by atoms with Crippen molar-refractivity contribution in [2.45, 2.75) is 25.4 Å². The fraction of sp³-hybridized carbons (Fsp3) is 0.667. The van der Waals surface area contributed by atoms with Crippen LogP contribution in [0.4, 0.5) is 0 Å². The van der Waals surface area contributed by atoms with E-state index in [1.165, 1.54) is 5.56 Å². The molecule has 2 N–H and O–H groups in total. The molecule has 1 aliphatic rings. The topological polar surface area (TPSA) is 38.5 Å². The van der Waals surface area contributed by atoms with Crippen LogP contribution in [0.25, 0.3) is 0 Å². The first-order valence-corrected chi connectivity index (χ1v) is 6.66. The minimum Gasteiger partial charge on any atom is -0.378 e. The first-order valence-electron chi connectivity index (χ1n) is 5.72. The van der Waals surface area contributed by atoms with Gasteiger partial charge in [-0.2, -0.15) is 11.3 Å². The summed E-state index contributed by atoms with van der Waals surface area (Å²) in [6.45, 7) is 7.67. The molecule has 1 unspecified atom stereocenters. The summed E-state index contributed by atoms with van der Waals surface area (Å²) in [6, 6.07) is 2.50. The van der Waals surface area contributed by atoms with E-state index in [1.54, 1.807) is 11.3 Å². The van der Waals surface area contributed by atoms with Crippen molar-refractivity contribution in [3.8, 4) is 0 Å². The van der Waals surface area contributed by atoms with Crippen LogP contribution in [0.2, 0.25) is 0 Å². The summed E-state index contributed by atoms with van der Waals surface area (Å²) in [5, 5.41) is 4.31. The average molecular weight is 240 g/mol. The predicted molar refractivity (Wildman–Crippen MR) is 67.7 cm³/mol. The lowest BCUT2D eigenvalue weighted by Crippen LogP contribution is -2.55. The number of thiophene rings is 1. The number of rotatable bonds is 3. The molecule has 0 aromatic carbocycles. The largest absolute Gasteiger partial charge is 0.378 e. The molecule has 1 aromatic heterocycles. The average Bonchev–Trinajstić information content (AvgIpc) is 2.75. The predicted octanol–water partition coefficient (Wildman–Crippen LogP) is 1.86. The zero-order valence-electron chi connectivity index (χ0n) is 9.98. The van der Waals surface area contributed by atoms with Crippen molar-refractivity contribution >= 4 is 11.3 Å². The number of hydrogen-bond donors (Lipinski definition) is 1. The van der Waals surface area contributed by atoms with E-state index in [-0.39, 0.29) is 5.54 Å². The van der Waals surface area contributed by atoms with Gasteiger partial charge in [-0.3, -0.25) is 4.90 Å². The second-order valence-electron chi connectivity index (χ2n) is 4.87. The third kappa shape index (κ3) is 2.30. The Morgan fingerprint density at radius 2 is 2.44 bits per heavy atom. The van der Waals surface area contributed by atoms with E-state index in [9.17, 15) is 0 Å². The molecule has 0 amide bonds. The molecular formula is C12H20N2OS. The van der Waals surface area contributed by atoms with E-state index in [1.807, 2.05) is 0 Å². The number of nitrogens with zero attached hydrogens (tertiary/aromatic N) is 1. The van der Waals surface area contributed by atoms with Gasteiger partial charge in [-0.1, -0.05) is 0 Å². The number of nitrogens with two attached hydrogens (primary N) is 1. The van der Waals surface area contributed by atoms with Crippen LogP contribution in [-0.4, -0.2) is 36.7 Å². The lowest BCUT2D eigenvalue weighted by atomic mass is 9.97. The number of ether oxygens (including phenoxy) is 1. The van der Waals surface area contributed by atoms with Crippen LogP contribution >= 0.6 is 11.3 Å². The third-order valence-electron chi connectivity index (χ3n) is 3.24. The molecule has 1 aliphatic heterocycles. The second kappa shape index (κ2) is 4.84. The number of hydrogen-bond acceptors (Lipinski definition) is 4. The van der Waals surface area contributed by atoms with Crippen LogP contribution < -0.4 is 5.73 Å². The molecule has 3 nitrogen and oxygen atoms in total. The Hall–Kier alpha value is -0.420. The van der Waals surface area contributed by atoms with Gasteiger partial charge < -0.3 is 10.5 Å². The van der Waals surface area contributed by atoms with Gasteiger partial charge in [0, 0.05) is 24.7 Å². The maximum Gasteiger partial charge on any atom is 0.0645 e. The molecule has 90 valence electrons. The van der Waals surface area contributed by atoms with Crippen LogP contribution in [0, 0.1) is 0 Å². The highest BCUT2D eigenvalue weighted by atomic mass is 32.1. The van der Waals surface area contributed by atoms with E-state index >= 15 is 0 Å². The summed E-state index contributed by atoms with van der Waals surface area (Å²) in [6.07, 6.45) is 0. The highest BCUT2D eigenvalue weighted by molar-refractivity contribution is 7.07. The molecule has 0 radical (unpaired) electrons. The van der Waals surface area contributed by atoms with Gasteiger partial charge in [-0.05, 0) is 36.2 Å². The summed E-state index contributed by atoms with van der Waals surface area (Å²) >= 11 is 1.73. The van der Waals surface area contributed by atoms with Crippen molar-refractivity contribution < 1.29 is 4.74 Å².